The van der Waals surface area contributed by atoms with Gasteiger partial charge in [0.05, 0.1) is 0 Å². The van der Waals surface area contributed by atoms with Crippen LogP contribution in [0, 0.1) is 0 Å². The van der Waals surface area contributed by atoms with Crippen LogP contribution in [-0.4, -0.2) is 46.9 Å². The molecule has 0 bridgehead atoms. The van der Waals surface area contributed by atoms with E-state index in [0.29, 0.717) is 12.4 Å². The summed E-state index contributed by atoms with van der Waals surface area (Å²) >= 11 is 6.10. The molecule has 1 aromatic carbocycles. The third kappa shape index (κ3) is 5.40. The highest BCUT2D eigenvalue weighted by Gasteiger charge is 2.19. The van der Waals surface area contributed by atoms with Crippen LogP contribution in [0.1, 0.15) is 5.56 Å². The van der Waals surface area contributed by atoms with Crippen LogP contribution in [-0.2, 0) is 17.9 Å². The third-order valence-electron chi connectivity index (χ3n) is 5.14. The second-order valence-electron chi connectivity index (χ2n) is 7.28. The lowest BCUT2D eigenvalue weighted by atomic mass is 10.2. The molecule has 1 aliphatic heterocycles. The van der Waals surface area contributed by atoms with E-state index >= 15 is 0 Å². The van der Waals surface area contributed by atoms with Crippen LogP contribution >= 0.6 is 11.6 Å². The highest BCUT2D eigenvalue weighted by Crippen LogP contribution is 2.22. The maximum atomic E-state index is 12.3. The number of pyridine rings is 1. The van der Waals surface area contributed by atoms with Crippen molar-refractivity contribution in [3.8, 4) is 0 Å². The van der Waals surface area contributed by atoms with Crippen molar-refractivity contribution >= 4 is 29.0 Å². The van der Waals surface area contributed by atoms with E-state index in [1.165, 1.54) is 10.7 Å². The van der Waals surface area contributed by atoms with Gasteiger partial charge >= 0.3 is 0 Å². The quantitative estimate of drug-likeness (QED) is 0.633. The van der Waals surface area contributed by atoms with Gasteiger partial charge in [-0.1, -0.05) is 23.7 Å². The Kier molecular flexibility index (Phi) is 6.47. The summed E-state index contributed by atoms with van der Waals surface area (Å²) in [5.41, 5.74) is 1.68. The van der Waals surface area contributed by atoms with Crippen molar-refractivity contribution in [2.24, 2.45) is 0 Å². The van der Waals surface area contributed by atoms with Gasteiger partial charge in [0.1, 0.15) is 12.4 Å². The molecular weight excluding hydrogens is 416 g/mol. The van der Waals surface area contributed by atoms with Crippen LogP contribution in [0.3, 0.4) is 0 Å². The second-order valence-corrected chi connectivity index (χ2v) is 7.72. The van der Waals surface area contributed by atoms with Crippen LogP contribution in [0.2, 0.25) is 5.02 Å². The van der Waals surface area contributed by atoms with Crippen LogP contribution in [0.4, 0.5) is 11.5 Å². The third-order valence-corrected chi connectivity index (χ3v) is 5.37. The van der Waals surface area contributed by atoms with Gasteiger partial charge in [0.25, 0.3) is 5.56 Å². The highest BCUT2D eigenvalue weighted by atomic mass is 35.5. The van der Waals surface area contributed by atoms with Gasteiger partial charge < -0.3 is 15.1 Å². The average molecular weight is 439 g/mol. The van der Waals surface area contributed by atoms with Gasteiger partial charge in [0.15, 0.2) is 0 Å². The van der Waals surface area contributed by atoms with Crippen molar-refractivity contribution in [3.63, 3.8) is 0 Å². The summed E-state index contributed by atoms with van der Waals surface area (Å²) in [6, 6.07) is 14.7. The molecule has 1 fully saturated rings. The summed E-state index contributed by atoms with van der Waals surface area (Å²) < 4.78 is 1.21. The number of amides is 1. The van der Waals surface area contributed by atoms with Crippen molar-refractivity contribution in [1.29, 1.82) is 0 Å². The average Bonchev–Trinajstić information content (AvgIpc) is 2.80. The minimum absolute atomic E-state index is 0.130. The number of hydrogen-bond acceptors (Lipinski definition) is 6. The minimum atomic E-state index is -0.308. The number of piperazine rings is 1. The maximum Gasteiger partial charge on any atom is 0.267 e. The molecule has 1 aliphatic rings. The SMILES string of the molecule is O=C(Cn1nc(N2CCN(c3cccc(Cl)c3)CC2)ccc1=O)NCc1cccnc1. The van der Waals surface area contributed by atoms with Crippen LogP contribution in [0.25, 0.3) is 0 Å². The maximum absolute atomic E-state index is 12.3. The predicted molar refractivity (Wildman–Crippen MR) is 120 cm³/mol. The zero-order chi connectivity index (χ0) is 21.6. The molecular formula is C22H23ClN6O2. The number of hydrogen-bond donors (Lipinski definition) is 1. The normalized spacial score (nSPS) is 13.8. The van der Waals surface area contributed by atoms with Crippen LogP contribution < -0.4 is 20.7 Å². The Morgan fingerprint density at radius 1 is 1.03 bits per heavy atom. The van der Waals surface area contributed by atoms with Crippen molar-refractivity contribution in [1.82, 2.24) is 20.1 Å². The van der Waals surface area contributed by atoms with E-state index < -0.39 is 0 Å². The molecule has 1 saturated heterocycles. The standard InChI is InChI=1S/C22H23ClN6O2/c23-18-4-1-5-19(13-18)27-9-11-28(12-10-27)20-6-7-22(31)29(26-20)16-21(30)25-15-17-3-2-8-24-14-17/h1-8,13-14H,9-12,15-16H2,(H,25,30). The molecule has 3 heterocycles. The molecule has 0 saturated carbocycles. The van der Waals surface area contributed by atoms with Gasteiger partial charge in [-0.15, -0.1) is 0 Å². The number of carbonyl (C=O) groups excluding carboxylic acids is 1. The van der Waals surface area contributed by atoms with Gasteiger partial charge in [-0.3, -0.25) is 14.6 Å². The number of anilines is 2. The lowest BCUT2D eigenvalue weighted by Crippen LogP contribution is -2.47. The molecule has 31 heavy (non-hydrogen) atoms. The van der Waals surface area contributed by atoms with E-state index in [4.69, 9.17) is 11.6 Å². The first-order valence-corrected chi connectivity index (χ1v) is 10.5. The smallest absolute Gasteiger partial charge is 0.267 e. The largest absolute Gasteiger partial charge is 0.368 e. The molecule has 0 atom stereocenters. The van der Waals surface area contributed by atoms with Crippen molar-refractivity contribution in [2.45, 2.75) is 13.1 Å². The van der Waals surface area contributed by atoms with Gasteiger partial charge in [0.2, 0.25) is 5.91 Å². The summed E-state index contributed by atoms with van der Waals surface area (Å²) in [7, 11) is 0. The Balaban J connectivity index is 1.36. The Labute approximate surface area is 185 Å². The summed E-state index contributed by atoms with van der Waals surface area (Å²) in [6.07, 6.45) is 3.36. The van der Waals surface area contributed by atoms with Gasteiger partial charge in [-0.05, 0) is 35.9 Å². The molecule has 9 heteroatoms. The fourth-order valence-corrected chi connectivity index (χ4v) is 3.67. The van der Waals surface area contributed by atoms with E-state index in [2.05, 4.69) is 25.2 Å². The first-order valence-electron chi connectivity index (χ1n) is 10.1. The minimum Gasteiger partial charge on any atom is -0.368 e. The summed E-state index contributed by atoms with van der Waals surface area (Å²) in [4.78, 5) is 32.9. The molecule has 160 valence electrons. The molecule has 2 aromatic heterocycles. The fourth-order valence-electron chi connectivity index (χ4n) is 3.48. The van der Waals surface area contributed by atoms with E-state index in [9.17, 15) is 9.59 Å². The second kappa shape index (κ2) is 9.61. The van der Waals surface area contributed by atoms with Gasteiger partial charge in [0, 0.05) is 61.9 Å². The van der Waals surface area contributed by atoms with Crippen LogP contribution in [0.15, 0.2) is 65.7 Å². The molecule has 3 aromatic rings. The van der Waals surface area contributed by atoms with E-state index in [-0.39, 0.29) is 18.0 Å². The number of aromatic nitrogens is 3. The number of nitrogens with one attached hydrogen (secondary N) is 1. The molecule has 1 amide bonds. The number of nitrogens with zero attached hydrogens (tertiary/aromatic N) is 5. The summed E-state index contributed by atoms with van der Waals surface area (Å²) in [5, 5.41) is 7.93. The monoisotopic (exact) mass is 438 g/mol. The number of benzene rings is 1. The Morgan fingerprint density at radius 3 is 2.58 bits per heavy atom. The number of rotatable bonds is 6. The highest BCUT2D eigenvalue weighted by molar-refractivity contribution is 6.30. The van der Waals surface area contributed by atoms with Crippen molar-refractivity contribution < 1.29 is 4.79 Å². The molecule has 0 radical (unpaired) electrons. The molecule has 0 spiro atoms. The Bertz CT molecular complexity index is 1100. The molecule has 8 nitrogen and oxygen atoms in total. The van der Waals surface area contributed by atoms with E-state index in [1.807, 2.05) is 36.4 Å². The lowest BCUT2D eigenvalue weighted by molar-refractivity contribution is -0.122. The zero-order valence-electron chi connectivity index (χ0n) is 16.9. The first kappa shape index (κ1) is 20.9. The van der Waals surface area contributed by atoms with Crippen molar-refractivity contribution in [2.75, 3.05) is 36.0 Å². The molecule has 0 aliphatic carbocycles. The summed E-state index contributed by atoms with van der Waals surface area (Å²) in [6.45, 7) is 3.36. The van der Waals surface area contributed by atoms with E-state index in [1.54, 1.807) is 18.5 Å². The number of halogens is 1. The summed E-state index contributed by atoms with van der Waals surface area (Å²) in [5.74, 6) is 0.409. The Hall–Kier alpha value is -3.39. The number of carbonyl (C=O) groups is 1. The van der Waals surface area contributed by atoms with Crippen LogP contribution in [0.5, 0.6) is 0 Å². The molecule has 4 rings (SSSR count). The molecule has 1 N–H and O–H groups in total. The fraction of sp³-hybridized carbons (Fsp3) is 0.273. The topological polar surface area (TPSA) is 83.4 Å². The van der Waals surface area contributed by atoms with Gasteiger partial charge in [-0.25, -0.2) is 4.68 Å². The van der Waals surface area contributed by atoms with Gasteiger partial charge in [-0.2, -0.15) is 5.10 Å². The first-order chi connectivity index (χ1) is 15.1. The lowest BCUT2D eigenvalue weighted by Gasteiger charge is -2.36. The molecule has 0 unspecified atom stereocenters. The zero-order valence-corrected chi connectivity index (χ0v) is 17.7. The van der Waals surface area contributed by atoms with E-state index in [0.717, 1.165) is 42.5 Å². The van der Waals surface area contributed by atoms with Crippen molar-refractivity contribution in [3.05, 3.63) is 81.9 Å². The predicted octanol–water partition coefficient (Wildman–Crippen LogP) is 1.93. The Morgan fingerprint density at radius 2 is 1.84 bits per heavy atom.